The Hall–Kier alpha value is -1.36. The van der Waals surface area contributed by atoms with Gasteiger partial charge in [0.25, 0.3) is 0 Å². The van der Waals surface area contributed by atoms with Crippen LogP contribution >= 0.6 is 11.3 Å². The third-order valence-electron chi connectivity index (χ3n) is 3.86. The first-order valence-electron chi connectivity index (χ1n) is 7.20. The summed E-state index contributed by atoms with van der Waals surface area (Å²) in [6.45, 7) is 2.79. The lowest BCUT2D eigenvalue weighted by Gasteiger charge is -2.39. The smallest absolute Gasteiger partial charge is 0.308 e. The van der Waals surface area contributed by atoms with Crippen molar-refractivity contribution in [2.75, 3.05) is 6.54 Å². The highest BCUT2D eigenvalue weighted by molar-refractivity contribution is 7.10. The van der Waals surface area contributed by atoms with Crippen molar-refractivity contribution in [3.8, 4) is 0 Å². The maximum absolute atomic E-state index is 12.2. The van der Waals surface area contributed by atoms with Crippen LogP contribution in [0.25, 0.3) is 0 Å². The zero-order valence-electron chi connectivity index (χ0n) is 11.7. The average Bonchev–Trinajstić information content (AvgIpc) is 2.93. The molecule has 4 nitrogen and oxygen atoms in total. The van der Waals surface area contributed by atoms with Gasteiger partial charge in [-0.3, -0.25) is 9.59 Å². The maximum Gasteiger partial charge on any atom is 0.308 e. The molecule has 0 aromatic carbocycles. The van der Waals surface area contributed by atoms with Gasteiger partial charge in [-0.2, -0.15) is 0 Å². The number of hydrogen-bond donors (Lipinski definition) is 1. The van der Waals surface area contributed by atoms with Crippen LogP contribution < -0.4 is 0 Å². The summed E-state index contributed by atoms with van der Waals surface area (Å²) in [7, 11) is 0. The van der Waals surface area contributed by atoms with Crippen LogP contribution in [0, 0.1) is 5.92 Å². The van der Waals surface area contributed by atoms with Gasteiger partial charge < -0.3 is 10.0 Å². The summed E-state index contributed by atoms with van der Waals surface area (Å²) in [5.74, 6) is -1.18. The molecule has 20 heavy (non-hydrogen) atoms. The highest BCUT2D eigenvalue weighted by Crippen LogP contribution is 2.39. The standard InChI is InChI=1S/C15H21NO3S/c1-2-3-4-9-16-13(17)8-7-11(15(18)19)14(16)12-6-5-10-20-12/h5-6,10-11,14H,2-4,7-9H2,1H3,(H,18,19)/t11-,14+/m0/s1. The van der Waals surface area contributed by atoms with Crippen LogP contribution in [0.1, 0.15) is 49.9 Å². The van der Waals surface area contributed by atoms with E-state index >= 15 is 0 Å². The minimum absolute atomic E-state index is 0.0944. The Morgan fingerprint density at radius 3 is 2.90 bits per heavy atom. The second-order valence-electron chi connectivity index (χ2n) is 5.24. The quantitative estimate of drug-likeness (QED) is 0.819. The van der Waals surface area contributed by atoms with Crippen LogP contribution in [0.2, 0.25) is 0 Å². The summed E-state index contributed by atoms with van der Waals surface area (Å²) in [6, 6.07) is 3.57. The predicted molar refractivity (Wildman–Crippen MR) is 78.7 cm³/mol. The lowest BCUT2D eigenvalue weighted by atomic mass is 9.87. The molecule has 1 amide bonds. The largest absolute Gasteiger partial charge is 0.481 e. The van der Waals surface area contributed by atoms with Crippen LogP contribution in [0.5, 0.6) is 0 Å². The van der Waals surface area contributed by atoms with E-state index in [1.165, 1.54) is 11.3 Å². The molecular weight excluding hydrogens is 274 g/mol. The number of rotatable bonds is 6. The summed E-state index contributed by atoms with van der Waals surface area (Å²) in [4.78, 5) is 26.5. The molecule has 2 rings (SSSR count). The normalized spacial score (nSPS) is 23.1. The van der Waals surface area contributed by atoms with Gasteiger partial charge in [0.05, 0.1) is 12.0 Å². The van der Waals surface area contributed by atoms with Crippen LogP contribution in [0.15, 0.2) is 17.5 Å². The second kappa shape index (κ2) is 6.88. The molecule has 1 aliphatic rings. The van der Waals surface area contributed by atoms with E-state index in [2.05, 4.69) is 6.92 Å². The highest BCUT2D eigenvalue weighted by atomic mass is 32.1. The topological polar surface area (TPSA) is 57.6 Å². The van der Waals surface area contributed by atoms with Gasteiger partial charge >= 0.3 is 5.97 Å². The molecule has 1 aromatic heterocycles. The number of carbonyl (C=O) groups is 2. The lowest BCUT2D eigenvalue weighted by Crippen LogP contribution is -2.45. The van der Waals surface area contributed by atoms with Crippen LogP contribution in [0.4, 0.5) is 0 Å². The second-order valence-corrected chi connectivity index (χ2v) is 6.22. The van der Waals surface area contributed by atoms with Crippen LogP contribution in [-0.4, -0.2) is 28.4 Å². The molecule has 0 bridgehead atoms. The van der Waals surface area contributed by atoms with Gasteiger partial charge in [-0.15, -0.1) is 11.3 Å². The van der Waals surface area contributed by atoms with Gasteiger partial charge in [0, 0.05) is 17.8 Å². The molecule has 1 fully saturated rings. The Kier molecular flexibility index (Phi) is 5.17. The van der Waals surface area contributed by atoms with Crippen molar-refractivity contribution in [3.05, 3.63) is 22.4 Å². The van der Waals surface area contributed by atoms with Gasteiger partial charge in [-0.25, -0.2) is 0 Å². The number of amides is 1. The van der Waals surface area contributed by atoms with E-state index in [9.17, 15) is 14.7 Å². The van der Waals surface area contributed by atoms with Gasteiger partial charge in [-0.1, -0.05) is 25.8 Å². The van der Waals surface area contributed by atoms with Crippen molar-refractivity contribution in [1.29, 1.82) is 0 Å². The number of unbranched alkanes of at least 4 members (excludes halogenated alkanes) is 2. The maximum atomic E-state index is 12.2. The van der Waals surface area contributed by atoms with Crippen molar-refractivity contribution in [2.24, 2.45) is 5.92 Å². The molecule has 0 radical (unpaired) electrons. The first kappa shape index (κ1) is 15.0. The molecule has 1 aliphatic heterocycles. The number of nitrogens with zero attached hydrogens (tertiary/aromatic N) is 1. The molecule has 0 spiro atoms. The van der Waals surface area contributed by atoms with Gasteiger partial charge in [-0.05, 0) is 24.3 Å². The third-order valence-corrected chi connectivity index (χ3v) is 4.80. The number of carboxylic acid groups (broad SMARTS) is 1. The third kappa shape index (κ3) is 3.20. The molecule has 0 unspecified atom stereocenters. The number of carboxylic acids is 1. The number of hydrogen-bond acceptors (Lipinski definition) is 3. The SMILES string of the molecule is CCCCCN1C(=O)CC[C@H](C(=O)O)[C@@H]1c1cccs1. The fourth-order valence-electron chi connectivity index (χ4n) is 2.82. The molecule has 2 heterocycles. The van der Waals surface area contributed by atoms with E-state index in [1.54, 1.807) is 4.90 Å². The number of thiophene rings is 1. The summed E-state index contributed by atoms with van der Waals surface area (Å²) in [6.07, 6.45) is 3.90. The van der Waals surface area contributed by atoms with E-state index < -0.39 is 11.9 Å². The van der Waals surface area contributed by atoms with Crippen molar-refractivity contribution >= 4 is 23.2 Å². The fraction of sp³-hybridized carbons (Fsp3) is 0.600. The number of likely N-dealkylation sites (tertiary alicyclic amines) is 1. The van der Waals surface area contributed by atoms with E-state index in [1.807, 2.05) is 17.5 Å². The monoisotopic (exact) mass is 295 g/mol. The zero-order valence-corrected chi connectivity index (χ0v) is 12.6. The molecule has 2 atom stereocenters. The Morgan fingerprint density at radius 1 is 1.50 bits per heavy atom. The highest BCUT2D eigenvalue weighted by Gasteiger charge is 2.40. The van der Waals surface area contributed by atoms with Crippen molar-refractivity contribution in [1.82, 2.24) is 4.90 Å². The van der Waals surface area contributed by atoms with Crippen LogP contribution in [-0.2, 0) is 9.59 Å². The summed E-state index contributed by atoms with van der Waals surface area (Å²) in [5, 5.41) is 11.4. The first-order chi connectivity index (χ1) is 9.65. The van der Waals surface area contributed by atoms with Crippen molar-refractivity contribution in [3.63, 3.8) is 0 Å². The molecule has 1 aromatic rings. The minimum atomic E-state index is -0.795. The fourth-order valence-corrected chi connectivity index (χ4v) is 3.72. The van der Waals surface area contributed by atoms with Gasteiger partial charge in [0.2, 0.25) is 5.91 Å². The summed E-state index contributed by atoms with van der Waals surface area (Å²) in [5.41, 5.74) is 0. The zero-order chi connectivity index (χ0) is 14.5. The molecule has 1 N–H and O–H groups in total. The number of carbonyl (C=O) groups excluding carboxylic acids is 1. The summed E-state index contributed by atoms with van der Waals surface area (Å²) < 4.78 is 0. The Bertz CT molecular complexity index is 458. The Labute approximate surface area is 123 Å². The minimum Gasteiger partial charge on any atom is -0.481 e. The predicted octanol–water partition coefficient (Wildman–Crippen LogP) is 3.30. The number of piperidine rings is 1. The Morgan fingerprint density at radius 2 is 2.30 bits per heavy atom. The molecule has 5 heteroatoms. The van der Waals surface area contributed by atoms with Crippen molar-refractivity contribution in [2.45, 2.75) is 45.1 Å². The molecule has 1 saturated heterocycles. The van der Waals surface area contributed by atoms with E-state index in [0.29, 0.717) is 19.4 Å². The molecule has 110 valence electrons. The average molecular weight is 295 g/mol. The molecule has 0 aliphatic carbocycles. The van der Waals surface area contributed by atoms with E-state index in [4.69, 9.17) is 0 Å². The van der Waals surface area contributed by atoms with Gasteiger partial charge in [0.1, 0.15) is 0 Å². The summed E-state index contributed by atoms with van der Waals surface area (Å²) >= 11 is 1.54. The first-order valence-corrected chi connectivity index (χ1v) is 8.08. The van der Waals surface area contributed by atoms with Crippen LogP contribution in [0.3, 0.4) is 0 Å². The Balaban J connectivity index is 2.22. The van der Waals surface area contributed by atoms with E-state index in [0.717, 1.165) is 24.1 Å². The van der Waals surface area contributed by atoms with Crippen molar-refractivity contribution < 1.29 is 14.7 Å². The molecule has 0 saturated carbocycles. The number of aliphatic carboxylic acids is 1. The van der Waals surface area contributed by atoms with E-state index in [-0.39, 0.29) is 11.9 Å². The molecular formula is C15H21NO3S. The van der Waals surface area contributed by atoms with Gasteiger partial charge in [0.15, 0.2) is 0 Å². The lowest BCUT2D eigenvalue weighted by molar-refractivity contribution is -0.152.